The summed E-state index contributed by atoms with van der Waals surface area (Å²) in [6.07, 6.45) is 2.67. The molecular formula is C14H14BrN3O2. The number of hydrogen-bond acceptors (Lipinski definition) is 4. The molecule has 0 amide bonds. The number of carbonyl (C=O) groups is 1. The van der Waals surface area contributed by atoms with Crippen molar-refractivity contribution in [2.75, 3.05) is 0 Å². The molecule has 0 unspecified atom stereocenters. The van der Waals surface area contributed by atoms with Gasteiger partial charge in [-0.1, -0.05) is 34.1 Å². The van der Waals surface area contributed by atoms with Crippen LogP contribution >= 0.6 is 15.9 Å². The van der Waals surface area contributed by atoms with E-state index in [9.17, 15) is 4.79 Å². The van der Waals surface area contributed by atoms with Crippen LogP contribution in [0.1, 0.15) is 34.6 Å². The smallest absolute Gasteiger partial charge is 0.339 e. The summed E-state index contributed by atoms with van der Waals surface area (Å²) < 4.78 is 1.01. The zero-order chi connectivity index (χ0) is 14.5. The van der Waals surface area contributed by atoms with Crippen LogP contribution in [0, 0.1) is 0 Å². The molecule has 0 bridgehead atoms. The van der Waals surface area contributed by atoms with Crippen LogP contribution in [0.15, 0.2) is 41.3 Å². The predicted molar refractivity (Wildman–Crippen MR) is 78.4 cm³/mol. The quantitative estimate of drug-likeness (QED) is 0.878. The summed E-state index contributed by atoms with van der Waals surface area (Å²) in [5.41, 5.74) is 1.71. The first-order valence-electron chi connectivity index (χ1n) is 6.09. The lowest BCUT2D eigenvalue weighted by atomic mass is 10.1. The largest absolute Gasteiger partial charge is 0.478 e. The Morgan fingerprint density at radius 2 is 2.20 bits per heavy atom. The summed E-state index contributed by atoms with van der Waals surface area (Å²) in [6, 6.07) is 7.97. The molecule has 6 heteroatoms. The fraction of sp³-hybridized carbons (Fsp3) is 0.214. The highest BCUT2D eigenvalue weighted by molar-refractivity contribution is 9.10. The van der Waals surface area contributed by atoms with Gasteiger partial charge in [0.1, 0.15) is 11.9 Å². The van der Waals surface area contributed by atoms with Crippen molar-refractivity contribution < 1.29 is 9.90 Å². The molecule has 2 aromatic rings. The van der Waals surface area contributed by atoms with Gasteiger partial charge in [-0.2, -0.15) is 0 Å². The van der Waals surface area contributed by atoms with E-state index in [1.165, 1.54) is 12.5 Å². The monoisotopic (exact) mass is 335 g/mol. The van der Waals surface area contributed by atoms with Crippen molar-refractivity contribution in [2.24, 2.45) is 0 Å². The highest BCUT2D eigenvalue weighted by Crippen LogP contribution is 2.23. The average Bonchev–Trinajstić information content (AvgIpc) is 2.45. The zero-order valence-corrected chi connectivity index (χ0v) is 12.5. The molecule has 5 nitrogen and oxygen atoms in total. The number of rotatable bonds is 5. The maximum atomic E-state index is 11.1. The van der Waals surface area contributed by atoms with Crippen LogP contribution in [-0.2, 0) is 6.54 Å². The van der Waals surface area contributed by atoms with Gasteiger partial charge in [0.25, 0.3) is 0 Å². The van der Waals surface area contributed by atoms with Crippen LogP contribution in [0.4, 0.5) is 0 Å². The Morgan fingerprint density at radius 3 is 2.90 bits per heavy atom. The van der Waals surface area contributed by atoms with E-state index in [0.717, 1.165) is 10.0 Å². The Morgan fingerprint density at radius 1 is 1.45 bits per heavy atom. The molecule has 2 rings (SSSR count). The minimum atomic E-state index is -1.02. The summed E-state index contributed by atoms with van der Waals surface area (Å²) in [6.45, 7) is 2.38. The summed E-state index contributed by atoms with van der Waals surface area (Å²) >= 11 is 3.50. The number of aromatic carboxylic acids is 1. The van der Waals surface area contributed by atoms with Gasteiger partial charge >= 0.3 is 5.97 Å². The number of nitrogens with one attached hydrogen (secondary N) is 1. The summed E-state index contributed by atoms with van der Waals surface area (Å²) in [5, 5.41) is 12.3. The van der Waals surface area contributed by atoms with Gasteiger partial charge in [-0.15, -0.1) is 0 Å². The van der Waals surface area contributed by atoms with Gasteiger partial charge in [0, 0.05) is 23.3 Å². The van der Waals surface area contributed by atoms with E-state index in [0.29, 0.717) is 12.2 Å². The molecule has 0 spiro atoms. The molecule has 2 N–H and O–H groups in total. The van der Waals surface area contributed by atoms with E-state index in [-0.39, 0.29) is 11.6 Å². The molecule has 1 heterocycles. The lowest BCUT2D eigenvalue weighted by Crippen LogP contribution is -2.21. The Kier molecular flexibility index (Phi) is 4.81. The SMILES string of the molecule is C[C@H](NCc1ncncc1C(=O)O)c1ccccc1Br. The predicted octanol–water partition coefficient (Wildman–Crippen LogP) is 2.79. The van der Waals surface area contributed by atoms with Crippen LogP contribution in [0.25, 0.3) is 0 Å². The highest BCUT2D eigenvalue weighted by atomic mass is 79.9. The van der Waals surface area contributed by atoms with Crippen LogP contribution in [0.3, 0.4) is 0 Å². The highest BCUT2D eigenvalue weighted by Gasteiger charge is 2.13. The van der Waals surface area contributed by atoms with E-state index in [4.69, 9.17) is 5.11 Å². The Bertz CT molecular complexity index is 619. The molecule has 0 aliphatic rings. The van der Waals surface area contributed by atoms with Crippen molar-refractivity contribution >= 4 is 21.9 Å². The van der Waals surface area contributed by atoms with Crippen LogP contribution in [0.2, 0.25) is 0 Å². The molecular weight excluding hydrogens is 322 g/mol. The second-order valence-electron chi connectivity index (χ2n) is 4.31. The maximum absolute atomic E-state index is 11.1. The molecule has 0 aliphatic carbocycles. The van der Waals surface area contributed by atoms with Crippen molar-refractivity contribution in [1.29, 1.82) is 0 Å². The fourth-order valence-electron chi connectivity index (χ4n) is 1.86. The Hall–Kier alpha value is -1.79. The lowest BCUT2D eigenvalue weighted by Gasteiger charge is -2.16. The van der Waals surface area contributed by atoms with Crippen molar-refractivity contribution in [3.63, 3.8) is 0 Å². The number of carboxylic acid groups (broad SMARTS) is 1. The number of benzene rings is 1. The number of nitrogens with zero attached hydrogens (tertiary/aromatic N) is 2. The summed E-state index contributed by atoms with van der Waals surface area (Å²) in [5.74, 6) is -1.02. The number of halogens is 1. The third kappa shape index (κ3) is 3.40. The minimum absolute atomic E-state index is 0.0715. The second-order valence-corrected chi connectivity index (χ2v) is 5.17. The van der Waals surface area contributed by atoms with Gasteiger partial charge in [0.2, 0.25) is 0 Å². The standard InChI is InChI=1S/C14H14BrN3O2/c1-9(10-4-2-3-5-12(10)15)17-7-13-11(14(19)20)6-16-8-18-13/h2-6,8-9,17H,7H2,1H3,(H,19,20)/t9-/m0/s1. The normalized spacial score (nSPS) is 12.1. The first-order chi connectivity index (χ1) is 9.59. The molecule has 20 heavy (non-hydrogen) atoms. The van der Waals surface area contributed by atoms with E-state index in [2.05, 4.69) is 31.2 Å². The third-order valence-corrected chi connectivity index (χ3v) is 3.69. The second kappa shape index (κ2) is 6.58. The summed E-state index contributed by atoms with van der Waals surface area (Å²) in [7, 11) is 0. The molecule has 0 saturated heterocycles. The molecule has 1 aromatic heterocycles. The van der Waals surface area contributed by atoms with Crippen LogP contribution in [-0.4, -0.2) is 21.0 Å². The molecule has 0 aliphatic heterocycles. The number of hydrogen-bond donors (Lipinski definition) is 2. The lowest BCUT2D eigenvalue weighted by molar-refractivity contribution is 0.0694. The van der Waals surface area contributed by atoms with Gasteiger partial charge in [-0.25, -0.2) is 14.8 Å². The number of carboxylic acids is 1. The molecule has 0 radical (unpaired) electrons. The van der Waals surface area contributed by atoms with Crippen molar-refractivity contribution in [1.82, 2.24) is 15.3 Å². The van der Waals surface area contributed by atoms with Crippen molar-refractivity contribution in [2.45, 2.75) is 19.5 Å². The molecule has 1 aromatic carbocycles. The van der Waals surface area contributed by atoms with Gasteiger partial charge in [-0.05, 0) is 18.6 Å². The topological polar surface area (TPSA) is 75.1 Å². The van der Waals surface area contributed by atoms with Crippen LogP contribution < -0.4 is 5.32 Å². The van der Waals surface area contributed by atoms with Gasteiger partial charge in [0.15, 0.2) is 0 Å². The Balaban J connectivity index is 2.10. The van der Waals surface area contributed by atoms with E-state index in [1.54, 1.807) is 0 Å². The van der Waals surface area contributed by atoms with Crippen molar-refractivity contribution in [3.8, 4) is 0 Å². The van der Waals surface area contributed by atoms with E-state index < -0.39 is 5.97 Å². The molecule has 104 valence electrons. The maximum Gasteiger partial charge on any atom is 0.339 e. The van der Waals surface area contributed by atoms with Crippen LogP contribution in [0.5, 0.6) is 0 Å². The van der Waals surface area contributed by atoms with Gasteiger partial charge in [0.05, 0.1) is 5.69 Å². The van der Waals surface area contributed by atoms with E-state index in [1.807, 2.05) is 31.2 Å². The van der Waals surface area contributed by atoms with Crippen molar-refractivity contribution in [3.05, 3.63) is 58.1 Å². The third-order valence-electron chi connectivity index (χ3n) is 2.97. The first-order valence-corrected chi connectivity index (χ1v) is 6.89. The van der Waals surface area contributed by atoms with Gasteiger partial charge in [-0.3, -0.25) is 0 Å². The average molecular weight is 336 g/mol. The molecule has 0 fully saturated rings. The zero-order valence-electron chi connectivity index (χ0n) is 10.9. The summed E-state index contributed by atoms with van der Waals surface area (Å²) in [4.78, 5) is 18.8. The number of aromatic nitrogens is 2. The fourth-order valence-corrected chi connectivity index (χ4v) is 2.49. The molecule has 0 saturated carbocycles. The Labute approximate surface area is 125 Å². The van der Waals surface area contributed by atoms with E-state index >= 15 is 0 Å². The minimum Gasteiger partial charge on any atom is -0.478 e. The first kappa shape index (κ1) is 14.6. The van der Waals surface area contributed by atoms with Gasteiger partial charge < -0.3 is 10.4 Å². The molecule has 1 atom stereocenters.